The third-order valence-electron chi connectivity index (χ3n) is 5.48. The smallest absolute Gasteiger partial charge is 0.251 e. The highest BCUT2D eigenvalue weighted by Gasteiger charge is 2.25. The third kappa shape index (κ3) is 7.65. The number of nitrogens with one attached hydrogen (secondary N) is 1. The van der Waals surface area contributed by atoms with Gasteiger partial charge in [0, 0.05) is 30.8 Å². The van der Waals surface area contributed by atoms with E-state index in [1.54, 1.807) is 30.3 Å². The Labute approximate surface area is 200 Å². The fraction of sp³-hybridized carbons (Fsp3) is 0.333. The molecule has 1 amide bonds. The zero-order valence-corrected chi connectivity index (χ0v) is 19.2. The lowest BCUT2D eigenvalue weighted by Crippen LogP contribution is -2.48. The monoisotopic (exact) mass is 462 g/mol. The minimum atomic E-state index is -1.16. The van der Waals surface area contributed by atoms with Crippen LogP contribution in [0.4, 0.5) is 0 Å². The number of carbonyl (C=O) groups is 2. The van der Waals surface area contributed by atoms with Crippen LogP contribution in [0.1, 0.15) is 34.0 Å². The maximum absolute atomic E-state index is 12.3. The number of nitrogens with zero attached hydrogens (tertiary/aromatic N) is 1. The lowest BCUT2D eigenvalue weighted by Gasteiger charge is -2.26. The fourth-order valence-corrected chi connectivity index (χ4v) is 3.51. The number of morpholine rings is 1. The van der Waals surface area contributed by atoms with E-state index in [0.717, 1.165) is 44.0 Å². The van der Waals surface area contributed by atoms with Crippen molar-refractivity contribution < 1.29 is 24.5 Å². The van der Waals surface area contributed by atoms with Gasteiger partial charge >= 0.3 is 0 Å². The number of hydrogen-bond donors (Lipinski definition) is 3. The van der Waals surface area contributed by atoms with Crippen molar-refractivity contribution in [1.29, 1.82) is 0 Å². The number of aliphatic hydroxyl groups excluding tert-OH is 2. The van der Waals surface area contributed by atoms with Crippen molar-refractivity contribution in [2.75, 3.05) is 32.9 Å². The van der Waals surface area contributed by atoms with Crippen molar-refractivity contribution >= 4 is 17.8 Å². The molecule has 0 unspecified atom stereocenters. The van der Waals surface area contributed by atoms with Crippen molar-refractivity contribution in [2.45, 2.75) is 25.6 Å². The lowest BCUT2D eigenvalue weighted by atomic mass is 10.1. The van der Waals surface area contributed by atoms with Crippen molar-refractivity contribution in [1.82, 2.24) is 10.2 Å². The first-order valence-corrected chi connectivity index (χ1v) is 11.3. The number of carbonyl (C=O) groups excluding carboxylic acids is 2. The Kier molecular flexibility index (Phi) is 9.56. The average molecular weight is 463 g/mol. The summed E-state index contributed by atoms with van der Waals surface area (Å²) in [4.78, 5) is 26.4. The zero-order chi connectivity index (χ0) is 24.3. The van der Waals surface area contributed by atoms with Gasteiger partial charge in [0.15, 0.2) is 5.78 Å². The Morgan fingerprint density at radius 2 is 1.79 bits per heavy atom. The summed E-state index contributed by atoms with van der Waals surface area (Å²) in [6.07, 6.45) is 2.62. The van der Waals surface area contributed by atoms with Gasteiger partial charge in [-0.25, -0.2) is 0 Å². The molecule has 1 aliphatic heterocycles. The number of rotatable bonds is 8. The van der Waals surface area contributed by atoms with Gasteiger partial charge in [0.2, 0.25) is 0 Å². The number of Topliss-reactive ketones (excluding diaryl/α,β-unsaturated/α-hetero) is 1. The molecule has 7 heteroatoms. The summed E-state index contributed by atoms with van der Waals surface area (Å²) >= 11 is 0. The highest BCUT2D eigenvalue weighted by molar-refractivity contribution is 5.98. The number of benzene rings is 2. The predicted molar refractivity (Wildman–Crippen MR) is 130 cm³/mol. The molecule has 0 bridgehead atoms. The Hall–Kier alpha value is -3.28. The highest BCUT2D eigenvalue weighted by Crippen LogP contribution is 2.10. The Balaban J connectivity index is 1.53. The van der Waals surface area contributed by atoms with Gasteiger partial charge in [-0.3, -0.25) is 14.5 Å². The van der Waals surface area contributed by atoms with Crippen molar-refractivity contribution in [2.24, 2.45) is 0 Å². The van der Waals surface area contributed by atoms with E-state index in [2.05, 4.69) is 46.3 Å². The molecule has 1 fully saturated rings. The second-order valence-corrected chi connectivity index (χ2v) is 8.13. The summed E-state index contributed by atoms with van der Waals surface area (Å²) < 4.78 is 5.38. The van der Waals surface area contributed by atoms with Gasteiger partial charge in [-0.15, -0.1) is 0 Å². The summed E-state index contributed by atoms with van der Waals surface area (Å²) in [5, 5.41) is 21.1. The van der Waals surface area contributed by atoms with Crippen molar-refractivity contribution in [3.63, 3.8) is 0 Å². The molecule has 0 spiro atoms. The number of ether oxygens (including phenoxy) is 1. The maximum atomic E-state index is 12.3. The Bertz CT molecular complexity index is 1040. The summed E-state index contributed by atoms with van der Waals surface area (Å²) in [6.45, 7) is 5.08. The van der Waals surface area contributed by atoms with Gasteiger partial charge in [0.05, 0.1) is 19.3 Å². The summed E-state index contributed by atoms with van der Waals surface area (Å²) in [5.41, 5.74) is 3.40. The molecule has 178 valence electrons. The largest absolute Gasteiger partial charge is 0.391 e. The summed E-state index contributed by atoms with van der Waals surface area (Å²) in [6, 6.07) is 13.9. The fourth-order valence-electron chi connectivity index (χ4n) is 3.51. The molecule has 7 nitrogen and oxygen atoms in total. The van der Waals surface area contributed by atoms with E-state index in [0.29, 0.717) is 5.56 Å². The first-order chi connectivity index (χ1) is 16.5. The highest BCUT2D eigenvalue weighted by atomic mass is 16.5. The normalized spacial score (nSPS) is 15.9. The minimum absolute atomic E-state index is 0.328. The molecule has 2 aromatic carbocycles. The predicted octanol–water partition coefficient (Wildman–Crippen LogP) is 1.62. The summed E-state index contributed by atoms with van der Waals surface area (Å²) in [5.74, 6) is 4.85. The molecule has 2 atom stereocenters. The second-order valence-electron chi connectivity index (χ2n) is 8.13. The van der Waals surface area contributed by atoms with Gasteiger partial charge in [-0.1, -0.05) is 36.1 Å². The molecular weight excluding hydrogens is 432 g/mol. The van der Waals surface area contributed by atoms with Crippen LogP contribution in [0.25, 0.3) is 6.08 Å². The van der Waals surface area contributed by atoms with Crippen LogP contribution in [-0.2, 0) is 16.1 Å². The van der Waals surface area contributed by atoms with E-state index in [4.69, 9.17) is 9.84 Å². The van der Waals surface area contributed by atoms with Gasteiger partial charge in [0.25, 0.3) is 5.91 Å². The van der Waals surface area contributed by atoms with Crippen LogP contribution < -0.4 is 5.32 Å². The molecule has 1 aliphatic rings. The number of allylic oxidation sites excluding steroid dienone is 1. The molecule has 3 rings (SSSR count). The quantitative estimate of drug-likeness (QED) is 0.516. The Morgan fingerprint density at radius 1 is 1.12 bits per heavy atom. The third-order valence-corrected chi connectivity index (χ3v) is 5.48. The van der Waals surface area contributed by atoms with Crippen LogP contribution in [0.5, 0.6) is 0 Å². The van der Waals surface area contributed by atoms with E-state index in [-0.39, 0.29) is 0 Å². The van der Waals surface area contributed by atoms with Crippen LogP contribution in [0.3, 0.4) is 0 Å². The SMILES string of the molecule is C[C@@H](O)[C@H](NC(=O)c1ccc(C#C/C=C/c2ccc(CN3CCOCC3)cc2)cc1)C(=O)CO. The maximum Gasteiger partial charge on any atom is 0.251 e. The van der Waals surface area contributed by atoms with Gasteiger partial charge < -0.3 is 20.3 Å². The van der Waals surface area contributed by atoms with Crippen LogP contribution >= 0.6 is 0 Å². The number of ketones is 1. The number of hydrogen-bond acceptors (Lipinski definition) is 6. The van der Waals surface area contributed by atoms with Gasteiger partial charge in [-0.05, 0) is 54.5 Å². The van der Waals surface area contributed by atoms with Crippen LogP contribution in [-0.4, -0.2) is 71.9 Å². The molecule has 1 heterocycles. The zero-order valence-electron chi connectivity index (χ0n) is 19.2. The topological polar surface area (TPSA) is 99.1 Å². The lowest BCUT2D eigenvalue weighted by molar-refractivity contribution is -0.125. The van der Waals surface area contributed by atoms with E-state index < -0.39 is 30.4 Å². The molecule has 0 radical (unpaired) electrons. The molecular formula is C27H30N2O5. The standard InChI is InChI=1S/C27H30N2O5/c1-20(31)26(25(32)19-30)28-27(33)24-12-10-22(11-13-24)5-3-2-4-21-6-8-23(9-7-21)18-29-14-16-34-17-15-29/h2,4,6-13,20,26,30-31H,14-19H2,1H3,(H,28,33)/b4-2+/t20-,26+/m1/s1. The van der Waals surface area contributed by atoms with Crippen LogP contribution in [0, 0.1) is 11.8 Å². The average Bonchev–Trinajstić information content (AvgIpc) is 2.86. The molecule has 0 saturated carbocycles. The van der Waals surface area contributed by atoms with Crippen molar-refractivity contribution in [3.05, 3.63) is 76.9 Å². The van der Waals surface area contributed by atoms with E-state index >= 15 is 0 Å². The molecule has 0 aliphatic carbocycles. The first-order valence-electron chi connectivity index (χ1n) is 11.3. The summed E-state index contributed by atoms with van der Waals surface area (Å²) in [7, 11) is 0. The van der Waals surface area contributed by atoms with E-state index in [1.807, 2.05) is 6.08 Å². The molecule has 0 aromatic heterocycles. The molecule has 3 N–H and O–H groups in total. The minimum Gasteiger partial charge on any atom is -0.391 e. The molecule has 34 heavy (non-hydrogen) atoms. The van der Waals surface area contributed by atoms with Gasteiger partial charge in [0.1, 0.15) is 12.6 Å². The number of aliphatic hydroxyl groups is 2. The van der Waals surface area contributed by atoms with Crippen molar-refractivity contribution in [3.8, 4) is 11.8 Å². The second kappa shape index (κ2) is 12.8. The van der Waals surface area contributed by atoms with E-state index in [9.17, 15) is 14.7 Å². The van der Waals surface area contributed by atoms with Crippen LogP contribution in [0.15, 0.2) is 54.6 Å². The van der Waals surface area contributed by atoms with Crippen LogP contribution in [0.2, 0.25) is 0 Å². The Morgan fingerprint density at radius 3 is 2.41 bits per heavy atom. The van der Waals surface area contributed by atoms with E-state index in [1.165, 1.54) is 12.5 Å². The first kappa shape index (κ1) is 25.3. The number of amides is 1. The van der Waals surface area contributed by atoms with Gasteiger partial charge in [-0.2, -0.15) is 0 Å². The molecule has 1 saturated heterocycles. The molecule has 2 aromatic rings.